The van der Waals surface area contributed by atoms with Crippen molar-refractivity contribution in [3.63, 3.8) is 0 Å². The highest BCUT2D eigenvalue weighted by atomic mass is 16.5. The molecule has 0 aliphatic carbocycles. The third kappa shape index (κ3) is 3.74. The van der Waals surface area contributed by atoms with Gasteiger partial charge in [0.05, 0.1) is 31.3 Å². The molecular formula is C15H26N2O4. The molecule has 0 saturated carbocycles. The molecule has 3 aliphatic heterocycles. The van der Waals surface area contributed by atoms with Crippen molar-refractivity contribution in [1.82, 2.24) is 4.90 Å². The number of hydrogen-bond donors (Lipinski definition) is 1. The molecule has 3 heterocycles. The van der Waals surface area contributed by atoms with Gasteiger partial charge in [0.15, 0.2) is 0 Å². The maximum absolute atomic E-state index is 12.8. The normalized spacial score (nSPS) is 36.2. The summed E-state index contributed by atoms with van der Waals surface area (Å²) in [5, 5.41) is 0. The van der Waals surface area contributed by atoms with Crippen molar-refractivity contribution in [3.05, 3.63) is 0 Å². The van der Waals surface area contributed by atoms with Gasteiger partial charge in [0, 0.05) is 32.3 Å². The van der Waals surface area contributed by atoms with Gasteiger partial charge in [-0.25, -0.2) is 0 Å². The molecule has 0 radical (unpaired) electrons. The molecule has 1 amide bonds. The Hall–Kier alpha value is -0.690. The number of nitrogens with zero attached hydrogens (tertiary/aromatic N) is 1. The largest absolute Gasteiger partial charge is 0.379 e. The Balaban J connectivity index is 1.62. The fourth-order valence-electron chi connectivity index (χ4n) is 3.38. The monoisotopic (exact) mass is 298 g/mol. The Morgan fingerprint density at radius 2 is 1.67 bits per heavy atom. The molecule has 3 fully saturated rings. The van der Waals surface area contributed by atoms with Gasteiger partial charge in [-0.15, -0.1) is 0 Å². The van der Waals surface area contributed by atoms with E-state index in [9.17, 15) is 4.79 Å². The van der Waals surface area contributed by atoms with E-state index in [-0.39, 0.29) is 30.1 Å². The van der Waals surface area contributed by atoms with Crippen molar-refractivity contribution in [2.24, 2.45) is 11.7 Å². The lowest BCUT2D eigenvalue weighted by Crippen LogP contribution is -2.48. The average Bonchev–Trinajstić information content (AvgIpc) is 3.19. The van der Waals surface area contributed by atoms with Crippen molar-refractivity contribution < 1.29 is 19.0 Å². The first-order valence-corrected chi connectivity index (χ1v) is 8.09. The molecule has 4 atom stereocenters. The lowest BCUT2D eigenvalue weighted by atomic mass is 10.0. The second kappa shape index (κ2) is 7.05. The van der Waals surface area contributed by atoms with Gasteiger partial charge >= 0.3 is 0 Å². The SMILES string of the molecule is NC1COCC1C(=O)N(CC1CCCO1)CC1CCCO1. The lowest BCUT2D eigenvalue weighted by molar-refractivity contribution is -0.139. The fraction of sp³-hybridized carbons (Fsp3) is 0.933. The molecule has 3 aliphatic rings. The number of nitrogens with two attached hydrogens (primary N) is 1. The van der Waals surface area contributed by atoms with E-state index in [4.69, 9.17) is 19.9 Å². The van der Waals surface area contributed by atoms with Crippen molar-refractivity contribution >= 4 is 5.91 Å². The minimum Gasteiger partial charge on any atom is -0.379 e. The fourth-order valence-corrected chi connectivity index (χ4v) is 3.38. The van der Waals surface area contributed by atoms with E-state index in [1.54, 1.807) is 0 Å². The van der Waals surface area contributed by atoms with Gasteiger partial charge in [0.2, 0.25) is 5.91 Å². The number of carbonyl (C=O) groups excluding carboxylic acids is 1. The summed E-state index contributed by atoms with van der Waals surface area (Å²) < 4.78 is 16.7. The molecule has 6 nitrogen and oxygen atoms in total. The Morgan fingerprint density at radius 1 is 1.05 bits per heavy atom. The molecule has 0 aromatic rings. The van der Waals surface area contributed by atoms with Crippen LogP contribution in [0.1, 0.15) is 25.7 Å². The summed E-state index contributed by atoms with van der Waals surface area (Å²) in [6, 6.07) is -0.186. The highest BCUT2D eigenvalue weighted by Crippen LogP contribution is 2.21. The van der Waals surface area contributed by atoms with Gasteiger partial charge in [0.1, 0.15) is 0 Å². The van der Waals surface area contributed by atoms with Crippen LogP contribution in [0, 0.1) is 5.92 Å². The van der Waals surface area contributed by atoms with Crippen LogP contribution in [0.2, 0.25) is 0 Å². The molecule has 120 valence electrons. The smallest absolute Gasteiger partial charge is 0.229 e. The first kappa shape index (κ1) is 15.2. The Bertz CT molecular complexity index is 336. The summed E-state index contributed by atoms with van der Waals surface area (Å²) in [6.07, 6.45) is 4.55. The van der Waals surface area contributed by atoms with Crippen LogP contribution in [0.5, 0.6) is 0 Å². The molecule has 2 N–H and O–H groups in total. The predicted octanol–water partition coefficient (Wildman–Crippen LogP) is 0.147. The number of ether oxygens (including phenoxy) is 3. The molecule has 3 rings (SSSR count). The molecule has 21 heavy (non-hydrogen) atoms. The van der Waals surface area contributed by atoms with Gasteiger partial charge in [-0.05, 0) is 25.7 Å². The van der Waals surface area contributed by atoms with E-state index in [0.29, 0.717) is 26.3 Å². The van der Waals surface area contributed by atoms with Crippen molar-refractivity contribution in [3.8, 4) is 0 Å². The van der Waals surface area contributed by atoms with Gasteiger partial charge in [0.25, 0.3) is 0 Å². The van der Waals surface area contributed by atoms with E-state index in [1.165, 1.54) is 0 Å². The minimum absolute atomic E-state index is 0.103. The summed E-state index contributed by atoms with van der Waals surface area (Å²) in [6.45, 7) is 3.83. The standard InChI is InChI=1S/C15H26N2O4/c16-14-10-19-9-13(14)15(18)17(7-11-3-1-5-20-11)8-12-4-2-6-21-12/h11-14H,1-10,16H2. The van der Waals surface area contributed by atoms with Crippen molar-refractivity contribution in [2.45, 2.75) is 43.9 Å². The molecule has 4 unspecified atom stereocenters. The van der Waals surface area contributed by atoms with Gasteiger partial charge in [-0.1, -0.05) is 0 Å². The highest BCUT2D eigenvalue weighted by molar-refractivity contribution is 5.80. The van der Waals surface area contributed by atoms with E-state index in [1.807, 2.05) is 4.90 Å². The first-order valence-electron chi connectivity index (χ1n) is 8.09. The molecule has 0 bridgehead atoms. The number of amides is 1. The van der Waals surface area contributed by atoms with Crippen molar-refractivity contribution in [1.29, 1.82) is 0 Å². The minimum atomic E-state index is -0.215. The maximum Gasteiger partial charge on any atom is 0.229 e. The molecule has 0 spiro atoms. The topological polar surface area (TPSA) is 74.0 Å². The zero-order valence-electron chi connectivity index (χ0n) is 12.5. The maximum atomic E-state index is 12.8. The molecule has 0 aromatic heterocycles. The summed E-state index contributed by atoms with van der Waals surface area (Å²) in [5.74, 6) is -0.112. The predicted molar refractivity (Wildman–Crippen MR) is 76.8 cm³/mol. The van der Waals surface area contributed by atoms with Gasteiger partial charge in [-0.2, -0.15) is 0 Å². The zero-order chi connectivity index (χ0) is 14.7. The second-order valence-electron chi connectivity index (χ2n) is 6.32. The highest BCUT2D eigenvalue weighted by Gasteiger charge is 2.36. The Kier molecular flexibility index (Phi) is 5.11. The van der Waals surface area contributed by atoms with Crippen LogP contribution in [0.15, 0.2) is 0 Å². The first-order chi connectivity index (χ1) is 10.2. The summed E-state index contributed by atoms with van der Waals surface area (Å²) >= 11 is 0. The summed E-state index contributed by atoms with van der Waals surface area (Å²) in [7, 11) is 0. The average molecular weight is 298 g/mol. The lowest BCUT2D eigenvalue weighted by Gasteiger charge is -2.30. The third-order valence-electron chi connectivity index (χ3n) is 4.65. The molecule has 0 aromatic carbocycles. The summed E-state index contributed by atoms with van der Waals surface area (Å²) in [5.41, 5.74) is 6.00. The van der Waals surface area contributed by atoms with Crippen LogP contribution in [0.4, 0.5) is 0 Å². The second-order valence-corrected chi connectivity index (χ2v) is 6.32. The van der Waals surface area contributed by atoms with Gasteiger partial charge in [-0.3, -0.25) is 4.79 Å². The van der Waals surface area contributed by atoms with E-state index in [2.05, 4.69) is 0 Å². The molecular weight excluding hydrogens is 272 g/mol. The van der Waals surface area contributed by atoms with Crippen LogP contribution in [-0.2, 0) is 19.0 Å². The van der Waals surface area contributed by atoms with Crippen LogP contribution >= 0.6 is 0 Å². The number of hydrogen-bond acceptors (Lipinski definition) is 5. The van der Waals surface area contributed by atoms with E-state index in [0.717, 1.165) is 38.9 Å². The third-order valence-corrected chi connectivity index (χ3v) is 4.65. The van der Waals surface area contributed by atoms with Crippen LogP contribution < -0.4 is 5.73 Å². The molecule has 6 heteroatoms. The van der Waals surface area contributed by atoms with E-state index < -0.39 is 0 Å². The Labute approximate surface area is 125 Å². The Morgan fingerprint density at radius 3 is 2.10 bits per heavy atom. The zero-order valence-corrected chi connectivity index (χ0v) is 12.5. The quantitative estimate of drug-likeness (QED) is 0.782. The number of rotatable bonds is 5. The van der Waals surface area contributed by atoms with Gasteiger partial charge < -0.3 is 24.8 Å². The summed E-state index contributed by atoms with van der Waals surface area (Å²) in [4.78, 5) is 14.7. The number of carbonyl (C=O) groups is 1. The van der Waals surface area contributed by atoms with Crippen LogP contribution in [0.25, 0.3) is 0 Å². The molecule has 3 saturated heterocycles. The van der Waals surface area contributed by atoms with Crippen LogP contribution in [0.3, 0.4) is 0 Å². The van der Waals surface area contributed by atoms with E-state index >= 15 is 0 Å². The van der Waals surface area contributed by atoms with Crippen molar-refractivity contribution in [2.75, 3.05) is 39.5 Å². The van der Waals surface area contributed by atoms with Crippen LogP contribution in [-0.4, -0.2) is 68.6 Å².